The Bertz CT molecular complexity index is 992. The van der Waals surface area contributed by atoms with Crippen LogP contribution < -0.4 is 25.8 Å². The number of nitrogens with two attached hydrogens (primary N) is 2. The molecule has 4 N–H and O–H groups in total. The average molecular weight is 485 g/mol. The van der Waals surface area contributed by atoms with Gasteiger partial charge in [-0.15, -0.1) is 12.4 Å². The molecule has 2 atom stereocenters. The van der Waals surface area contributed by atoms with Crippen LogP contribution in [0.15, 0.2) is 6.07 Å². The molecule has 1 aromatic heterocycles. The molecule has 0 spiro atoms. The number of amides is 1. The number of piperazine rings is 1. The van der Waals surface area contributed by atoms with E-state index in [1.807, 2.05) is 16.7 Å². The fraction of sp³-hybridized carbons (Fsp3) is 0.591. The van der Waals surface area contributed by atoms with Crippen LogP contribution in [0.1, 0.15) is 33.6 Å². The minimum Gasteiger partial charge on any atom is -0.493 e. The van der Waals surface area contributed by atoms with Gasteiger partial charge in [-0.3, -0.25) is 4.79 Å². The molecule has 1 aliphatic heterocycles. The quantitative estimate of drug-likeness (QED) is 0.615. The first-order valence-corrected chi connectivity index (χ1v) is 10.8. The Hall–Kier alpha value is -2.59. The van der Waals surface area contributed by atoms with Gasteiger partial charge in [-0.25, -0.2) is 9.37 Å². The van der Waals surface area contributed by atoms with Gasteiger partial charge in [0.2, 0.25) is 11.9 Å². The molecular weight excluding hydrogens is 451 g/mol. The van der Waals surface area contributed by atoms with Crippen LogP contribution in [0.2, 0.25) is 0 Å². The van der Waals surface area contributed by atoms with Crippen LogP contribution in [0.25, 0.3) is 10.9 Å². The molecule has 33 heavy (non-hydrogen) atoms. The summed E-state index contributed by atoms with van der Waals surface area (Å²) >= 11 is 0. The normalized spacial score (nSPS) is 17.2. The molecule has 0 saturated carbocycles. The lowest BCUT2D eigenvalue weighted by molar-refractivity contribution is -0.132. The van der Waals surface area contributed by atoms with Crippen molar-refractivity contribution < 1.29 is 18.7 Å². The SMILES string of the molecule is COc1cc2c(N)nc(N3CCN(C(=O)C[C@@H](N)CC(C)C)C[C@@H]3C)nc2c(F)c1OC.Cl. The highest BCUT2D eigenvalue weighted by atomic mass is 35.5. The number of benzene rings is 1. The molecule has 0 aliphatic carbocycles. The molecule has 1 saturated heterocycles. The monoisotopic (exact) mass is 484 g/mol. The Morgan fingerprint density at radius 3 is 2.55 bits per heavy atom. The van der Waals surface area contributed by atoms with Gasteiger partial charge in [0.05, 0.1) is 14.2 Å². The molecule has 0 unspecified atom stereocenters. The number of fused-ring (bicyclic) bond motifs is 1. The first-order valence-electron chi connectivity index (χ1n) is 10.8. The summed E-state index contributed by atoms with van der Waals surface area (Å²) in [4.78, 5) is 25.3. The van der Waals surface area contributed by atoms with E-state index in [4.69, 9.17) is 20.9 Å². The highest BCUT2D eigenvalue weighted by Crippen LogP contribution is 2.37. The summed E-state index contributed by atoms with van der Waals surface area (Å²) in [5, 5.41) is 0.351. The number of hydrogen-bond acceptors (Lipinski definition) is 8. The number of anilines is 2. The Morgan fingerprint density at radius 2 is 1.97 bits per heavy atom. The van der Waals surface area contributed by atoms with E-state index in [1.54, 1.807) is 6.07 Å². The Labute approximate surface area is 200 Å². The zero-order valence-electron chi connectivity index (χ0n) is 19.8. The molecule has 1 fully saturated rings. The Balaban J connectivity index is 0.00000385. The molecule has 1 amide bonds. The third-order valence-electron chi connectivity index (χ3n) is 5.74. The number of aromatic nitrogens is 2. The summed E-state index contributed by atoms with van der Waals surface area (Å²) in [6, 6.07) is 1.35. The van der Waals surface area contributed by atoms with Gasteiger partial charge in [0.15, 0.2) is 17.3 Å². The zero-order chi connectivity index (χ0) is 23.6. The Morgan fingerprint density at radius 1 is 1.27 bits per heavy atom. The van der Waals surface area contributed by atoms with E-state index in [2.05, 4.69) is 23.8 Å². The fourth-order valence-electron chi connectivity index (χ4n) is 4.19. The number of ether oxygens (including phenoxy) is 2. The van der Waals surface area contributed by atoms with E-state index in [0.29, 0.717) is 43.3 Å². The molecule has 0 radical (unpaired) electrons. The van der Waals surface area contributed by atoms with Gasteiger partial charge in [-0.1, -0.05) is 13.8 Å². The van der Waals surface area contributed by atoms with E-state index < -0.39 is 5.82 Å². The second kappa shape index (κ2) is 11.0. The van der Waals surface area contributed by atoms with Gasteiger partial charge in [0.25, 0.3) is 0 Å². The molecule has 11 heteroatoms. The van der Waals surface area contributed by atoms with E-state index in [1.165, 1.54) is 14.2 Å². The number of rotatable bonds is 7. The molecule has 2 heterocycles. The molecule has 9 nitrogen and oxygen atoms in total. The van der Waals surface area contributed by atoms with Crippen molar-refractivity contribution in [3.05, 3.63) is 11.9 Å². The molecule has 1 aromatic carbocycles. The Kier molecular flexibility index (Phi) is 8.90. The lowest BCUT2D eigenvalue weighted by Gasteiger charge is -2.40. The second-order valence-corrected chi connectivity index (χ2v) is 8.71. The molecule has 2 aromatic rings. The van der Waals surface area contributed by atoms with Crippen molar-refractivity contribution in [1.82, 2.24) is 14.9 Å². The van der Waals surface area contributed by atoms with Crippen molar-refractivity contribution in [3.8, 4) is 11.5 Å². The third kappa shape index (κ3) is 5.67. The highest BCUT2D eigenvalue weighted by Gasteiger charge is 2.30. The number of nitrogens with zero attached hydrogens (tertiary/aromatic N) is 4. The second-order valence-electron chi connectivity index (χ2n) is 8.71. The van der Waals surface area contributed by atoms with Gasteiger partial charge in [0.1, 0.15) is 11.3 Å². The largest absolute Gasteiger partial charge is 0.493 e. The smallest absolute Gasteiger partial charge is 0.228 e. The first kappa shape index (κ1) is 26.7. The maximum Gasteiger partial charge on any atom is 0.228 e. The van der Waals surface area contributed by atoms with Gasteiger partial charge < -0.3 is 30.7 Å². The number of nitrogen functional groups attached to an aromatic ring is 1. The van der Waals surface area contributed by atoms with E-state index >= 15 is 4.39 Å². The minimum absolute atomic E-state index is 0. The van der Waals surface area contributed by atoms with Crippen LogP contribution in [0, 0.1) is 11.7 Å². The van der Waals surface area contributed by atoms with Crippen molar-refractivity contribution in [1.29, 1.82) is 0 Å². The summed E-state index contributed by atoms with van der Waals surface area (Å²) in [6.45, 7) is 7.68. The van der Waals surface area contributed by atoms with Crippen LogP contribution in [-0.2, 0) is 4.79 Å². The van der Waals surface area contributed by atoms with Crippen molar-refractivity contribution in [2.75, 3.05) is 44.5 Å². The lowest BCUT2D eigenvalue weighted by atomic mass is 10.0. The summed E-state index contributed by atoms with van der Waals surface area (Å²) in [5.74, 6) is 0.488. The maximum atomic E-state index is 15.1. The summed E-state index contributed by atoms with van der Waals surface area (Å²) in [5.41, 5.74) is 12.3. The fourth-order valence-corrected chi connectivity index (χ4v) is 4.19. The van der Waals surface area contributed by atoms with Crippen molar-refractivity contribution in [2.24, 2.45) is 11.7 Å². The van der Waals surface area contributed by atoms with E-state index in [-0.39, 0.29) is 53.2 Å². The maximum absolute atomic E-state index is 15.1. The molecule has 184 valence electrons. The van der Waals surface area contributed by atoms with Crippen LogP contribution in [0.4, 0.5) is 16.2 Å². The van der Waals surface area contributed by atoms with Crippen LogP contribution in [-0.4, -0.2) is 66.7 Å². The molecule has 3 rings (SSSR count). The number of halogens is 2. The first-order chi connectivity index (χ1) is 15.2. The summed E-state index contributed by atoms with van der Waals surface area (Å²) in [7, 11) is 2.79. The van der Waals surface area contributed by atoms with Gasteiger partial charge in [-0.2, -0.15) is 4.98 Å². The van der Waals surface area contributed by atoms with E-state index in [0.717, 1.165) is 6.42 Å². The van der Waals surface area contributed by atoms with Gasteiger partial charge >= 0.3 is 0 Å². The number of carbonyl (C=O) groups is 1. The molecular formula is C22H34ClFN6O3. The summed E-state index contributed by atoms with van der Waals surface area (Å²) < 4.78 is 25.4. The number of carbonyl (C=O) groups excluding carboxylic acids is 1. The molecule has 1 aliphatic rings. The molecule has 0 bridgehead atoms. The van der Waals surface area contributed by atoms with Crippen molar-refractivity contribution in [3.63, 3.8) is 0 Å². The average Bonchev–Trinajstić information content (AvgIpc) is 2.73. The van der Waals surface area contributed by atoms with Crippen LogP contribution >= 0.6 is 12.4 Å². The van der Waals surface area contributed by atoms with Crippen LogP contribution in [0.5, 0.6) is 11.5 Å². The zero-order valence-corrected chi connectivity index (χ0v) is 20.6. The highest BCUT2D eigenvalue weighted by molar-refractivity contribution is 5.92. The predicted molar refractivity (Wildman–Crippen MR) is 130 cm³/mol. The topological polar surface area (TPSA) is 120 Å². The summed E-state index contributed by atoms with van der Waals surface area (Å²) in [6.07, 6.45) is 1.14. The predicted octanol–water partition coefficient (Wildman–Crippen LogP) is 2.59. The van der Waals surface area contributed by atoms with Crippen LogP contribution in [0.3, 0.4) is 0 Å². The van der Waals surface area contributed by atoms with Crippen molar-refractivity contribution >= 4 is 41.0 Å². The van der Waals surface area contributed by atoms with Gasteiger partial charge in [0, 0.05) is 43.5 Å². The minimum atomic E-state index is -0.655. The van der Waals surface area contributed by atoms with Gasteiger partial charge in [-0.05, 0) is 25.3 Å². The van der Waals surface area contributed by atoms with E-state index in [9.17, 15) is 4.79 Å². The number of hydrogen-bond donors (Lipinski definition) is 2. The third-order valence-corrected chi connectivity index (χ3v) is 5.74. The number of methoxy groups -OCH3 is 2. The van der Waals surface area contributed by atoms with Crippen molar-refractivity contribution in [2.45, 2.75) is 45.7 Å². The standard InChI is InChI=1S/C22H33FN6O3.ClH/c1-12(2)8-14(24)9-17(30)28-6-7-29(13(3)11-28)22-26-19-15(21(25)27-22)10-16(31-4)20(32-5)18(19)23;/h10,12-14H,6-9,11,24H2,1-5H3,(H2,25,26,27);1H/t13-,14-;/m0./s1. The lowest BCUT2D eigenvalue weighted by Crippen LogP contribution is -2.54.